The van der Waals surface area contributed by atoms with Gasteiger partial charge in [-0.2, -0.15) is 0 Å². The highest BCUT2D eigenvalue weighted by Crippen LogP contribution is 2.26. The van der Waals surface area contributed by atoms with Crippen LogP contribution >= 0.6 is 0 Å². The highest BCUT2D eigenvalue weighted by molar-refractivity contribution is 5.25. The molecule has 0 fully saturated rings. The number of benzene rings is 1. The molecule has 2 nitrogen and oxygen atoms in total. The maximum atomic E-state index is 13.2. The van der Waals surface area contributed by atoms with Gasteiger partial charge in [0.2, 0.25) is 0 Å². The Kier molecular flexibility index (Phi) is 4.26. The quantitative estimate of drug-likeness (QED) is 0.620. The van der Waals surface area contributed by atoms with Gasteiger partial charge in [-0.3, -0.25) is 0 Å². The first-order valence-corrected chi connectivity index (χ1v) is 4.77. The van der Waals surface area contributed by atoms with Crippen LogP contribution in [0.2, 0.25) is 0 Å². The van der Waals surface area contributed by atoms with Crippen LogP contribution in [-0.2, 0) is 0 Å². The van der Waals surface area contributed by atoms with Crippen LogP contribution in [0.4, 0.5) is 17.6 Å². The molecule has 0 aliphatic rings. The van der Waals surface area contributed by atoms with Crippen molar-refractivity contribution in [3.8, 4) is 0 Å². The Morgan fingerprint density at radius 2 is 1.56 bits per heavy atom. The number of hydrogen-bond acceptors (Lipinski definition) is 2. The van der Waals surface area contributed by atoms with E-state index in [9.17, 15) is 17.6 Å². The molecule has 1 atom stereocenters. The normalized spacial score (nSPS) is 12.9. The molecular weight excluding hydrogens is 224 g/mol. The lowest BCUT2D eigenvalue weighted by Crippen LogP contribution is -2.17. The summed E-state index contributed by atoms with van der Waals surface area (Å²) in [5.74, 6) is -5.78. The van der Waals surface area contributed by atoms with E-state index in [2.05, 4.69) is 0 Å². The molecule has 6 heteroatoms. The zero-order chi connectivity index (χ0) is 12.3. The van der Waals surface area contributed by atoms with E-state index in [-0.39, 0.29) is 19.0 Å². The molecule has 0 aromatic heterocycles. The van der Waals surface area contributed by atoms with E-state index < -0.39 is 34.9 Å². The van der Waals surface area contributed by atoms with Crippen molar-refractivity contribution >= 4 is 0 Å². The van der Waals surface area contributed by atoms with Gasteiger partial charge in [-0.15, -0.1) is 0 Å². The van der Waals surface area contributed by atoms with Gasteiger partial charge in [0.15, 0.2) is 23.3 Å². The van der Waals surface area contributed by atoms with Crippen LogP contribution in [0.1, 0.15) is 24.4 Å². The molecule has 0 unspecified atom stereocenters. The Labute approximate surface area is 90.2 Å². The van der Waals surface area contributed by atoms with Gasteiger partial charge in [-0.05, 0) is 19.4 Å². The zero-order valence-corrected chi connectivity index (χ0v) is 8.44. The summed E-state index contributed by atoms with van der Waals surface area (Å²) in [6, 6.07) is -0.946. The van der Waals surface area contributed by atoms with Crippen LogP contribution in [0.3, 0.4) is 0 Å². The second-order valence-electron chi connectivity index (χ2n) is 3.42. The highest BCUT2D eigenvalue weighted by atomic mass is 19.2. The van der Waals surface area contributed by atoms with Crippen molar-refractivity contribution in [2.75, 3.05) is 6.54 Å². The minimum absolute atomic E-state index is 0.157. The SMILES string of the molecule is NCCC[C@@H](N)c1c(F)c(F)cc(F)c1F. The Morgan fingerprint density at radius 3 is 2.00 bits per heavy atom. The minimum Gasteiger partial charge on any atom is -0.330 e. The topological polar surface area (TPSA) is 52.0 Å². The van der Waals surface area contributed by atoms with Gasteiger partial charge >= 0.3 is 0 Å². The smallest absolute Gasteiger partial charge is 0.166 e. The van der Waals surface area contributed by atoms with Gasteiger partial charge in [0.25, 0.3) is 0 Å². The molecule has 16 heavy (non-hydrogen) atoms. The lowest BCUT2D eigenvalue weighted by molar-refractivity contribution is 0.421. The van der Waals surface area contributed by atoms with Crippen molar-refractivity contribution in [2.24, 2.45) is 11.5 Å². The van der Waals surface area contributed by atoms with E-state index in [1.807, 2.05) is 0 Å². The molecule has 1 rings (SSSR count). The molecule has 4 N–H and O–H groups in total. The Balaban J connectivity index is 3.11. The van der Waals surface area contributed by atoms with Gasteiger partial charge in [-0.25, -0.2) is 17.6 Å². The fraction of sp³-hybridized carbons (Fsp3) is 0.400. The van der Waals surface area contributed by atoms with Crippen molar-refractivity contribution in [1.29, 1.82) is 0 Å². The predicted octanol–water partition coefficient (Wildman–Crippen LogP) is 1.98. The van der Waals surface area contributed by atoms with Gasteiger partial charge in [0.1, 0.15) is 0 Å². The summed E-state index contributed by atoms with van der Waals surface area (Å²) >= 11 is 0. The van der Waals surface area contributed by atoms with Gasteiger partial charge < -0.3 is 11.5 Å². The van der Waals surface area contributed by atoms with E-state index in [0.717, 1.165) is 0 Å². The summed E-state index contributed by atoms with van der Waals surface area (Å²) in [4.78, 5) is 0. The van der Waals surface area contributed by atoms with Crippen molar-refractivity contribution < 1.29 is 17.6 Å². The van der Waals surface area contributed by atoms with Crippen LogP contribution in [0.5, 0.6) is 0 Å². The second kappa shape index (κ2) is 5.27. The summed E-state index contributed by atoms with van der Waals surface area (Å²) in [6.45, 7) is 0.286. The van der Waals surface area contributed by atoms with Crippen molar-refractivity contribution in [3.05, 3.63) is 34.9 Å². The van der Waals surface area contributed by atoms with Crippen molar-refractivity contribution in [1.82, 2.24) is 0 Å². The van der Waals surface area contributed by atoms with E-state index in [1.165, 1.54) is 0 Å². The Morgan fingerprint density at radius 1 is 1.06 bits per heavy atom. The molecule has 1 aromatic rings. The standard InChI is InChI=1S/C10H12F4N2/c11-5-4-6(12)10(14)8(9(5)13)7(16)2-1-3-15/h4,7H,1-3,15-16H2/t7-/m1/s1. The maximum Gasteiger partial charge on any atom is 0.166 e. The third kappa shape index (κ3) is 2.51. The lowest BCUT2D eigenvalue weighted by atomic mass is 10.0. The molecule has 0 radical (unpaired) electrons. The molecule has 0 spiro atoms. The third-order valence-corrected chi connectivity index (χ3v) is 2.24. The van der Waals surface area contributed by atoms with Crippen molar-refractivity contribution in [2.45, 2.75) is 18.9 Å². The number of nitrogens with two attached hydrogens (primary N) is 2. The van der Waals surface area contributed by atoms with E-state index in [1.54, 1.807) is 0 Å². The number of hydrogen-bond donors (Lipinski definition) is 2. The van der Waals surface area contributed by atoms with Crippen LogP contribution in [0.25, 0.3) is 0 Å². The second-order valence-corrected chi connectivity index (χ2v) is 3.42. The first-order valence-electron chi connectivity index (χ1n) is 4.77. The van der Waals surface area contributed by atoms with Crippen LogP contribution in [-0.4, -0.2) is 6.54 Å². The van der Waals surface area contributed by atoms with E-state index in [4.69, 9.17) is 11.5 Å². The molecule has 0 amide bonds. The summed E-state index contributed by atoms with van der Waals surface area (Å²) in [6.07, 6.45) is 0.575. The van der Waals surface area contributed by atoms with Crippen LogP contribution < -0.4 is 11.5 Å². The Bertz CT molecular complexity index is 355. The molecule has 1 aromatic carbocycles. The van der Waals surface area contributed by atoms with Gasteiger partial charge in [0, 0.05) is 17.7 Å². The average molecular weight is 236 g/mol. The van der Waals surface area contributed by atoms with Crippen molar-refractivity contribution in [3.63, 3.8) is 0 Å². The zero-order valence-electron chi connectivity index (χ0n) is 8.44. The fourth-order valence-corrected chi connectivity index (χ4v) is 1.40. The monoisotopic (exact) mass is 236 g/mol. The van der Waals surface area contributed by atoms with E-state index in [0.29, 0.717) is 6.42 Å². The number of rotatable bonds is 4. The predicted molar refractivity (Wildman–Crippen MR) is 51.5 cm³/mol. The number of halogens is 4. The summed E-state index contributed by atoms with van der Waals surface area (Å²) in [5.41, 5.74) is 9.89. The maximum absolute atomic E-state index is 13.2. The fourth-order valence-electron chi connectivity index (χ4n) is 1.40. The third-order valence-electron chi connectivity index (χ3n) is 2.24. The van der Waals surface area contributed by atoms with Gasteiger partial charge in [-0.1, -0.05) is 0 Å². The van der Waals surface area contributed by atoms with Crippen LogP contribution in [0, 0.1) is 23.3 Å². The van der Waals surface area contributed by atoms with Gasteiger partial charge in [0.05, 0.1) is 0 Å². The Hall–Kier alpha value is -1.14. The molecule has 0 heterocycles. The highest BCUT2D eigenvalue weighted by Gasteiger charge is 2.23. The first kappa shape index (κ1) is 12.9. The first-order chi connectivity index (χ1) is 7.49. The molecule has 0 saturated heterocycles. The molecule has 0 bridgehead atoms. The lowest BCUT2D eigenvalue weighted by Gasteiger charge is -2.14. The van der Waals surface area contributed by atoms with Crippen LogP contribution in [0.15, 0.2) is 6.07 Å². The van der Waals surface area contributed by atoms with E-state index >= 15 is 0 Å². The summed E-state index contributed by atoms with van der Waals surface area (Å²) in [7, 11) is 0. The molecule has 90 valence electrons. The minimum atomic E-state index is -1.45. The average Bonchev–Trinajstić information content (AvgIpc) is 2.24. The summed E-state index contributed by atoms with van der Waals surface area (Å²) < 4.78 is 52.1. The molecule has 0 aliphatic heterocycles. The molecular formula is C10H12F4N2. The molecule has 0 saturated carbocycles. The largest absolute Gasteiger partial charge is 0.330 e. The molecule has 0 aliphatic carbocycles. The summed E-state index contributed by atoms with van der Waals surface area (Å²) in [5, 5.41) is 0.